The standard InChI is InChI=1S/C31H40N2O7/c1-19-10-11-23-22(16-19)27(21-8-7-9-24(38-5)28(21)39-6)40-25(29(35)33(23)18-31(2,3)4)17-26(34)32-14-12-20(13-15-32)30(36)37/h7-11,16,20,25,27H,12-15,17-18H2,1-6H3,(H,36,37). The molecule has 4 rings (SSSR count). The molecule has 40 heavy (non-hydrogen) atoms. The third-order valence-corrected chi connectivity index (χ3v) is 7.50. The maximum absolute atomic E-state index is 14.2. The van der Waals surface area contributed by atoms with Crippen LogP contribution >= 0.6 is 0 Å². The fourth-order valence-corrected chi connectivity index (χ4v) is 5.51. The van der Waals surface area contributed by atoms with Gasteiger partial charge in [-0.2, -0.15) is 0 Å². The fraction of sp³-hybridized carbons (Fsp3) is 0.516. The lowest BCUT2D eigenvalue weighted by Gasteiger charge is -2.33. The van der Waals surface area contributed by atoms with Crippen LogP contribution in [0.5, 0.6) is 11.5 Å². The highest BCUT2D eigenvalue weighted by Gasteiger charge is 2.41. The molecule has 2 aromatic carbocycles. The Morgan fingerprint density at radius 3 is 2.35 bits per heavy atom. The van der Waals surface area contributed by atoms with Crippen molar-refractivity contribution in [3.8, 4) is 11.5 Å². The van der Waals surface area contributed by atoms with Crippen LogP contribution in [0.3, 0.4) is 0 Å². The van der Waals surface area contributed by atoms with Gasteiger partial charge in [-0.3, -0.25) is 14.4 Å². The number of carboxylic acids is 1. The van der Waals surface area contributed by atoms with E-state index in [4.69, 9.17) is 14.2 Å². The molecule has 9 heteroatoms. The molecule has 0 radical (unpaired) electrons. The molecule has 0 spiro atoms. The number of carboxylic acid groups (broad SMARTS) is 1. The Balaban J connectivity index is 1.77. The van der Waals surface area contributed by atoms with Crippen LogP contribution in [0.15, 0.2) is 36.4 Å². The van der Waals surface area contributed by atoms with Crippen LogP contribution in [-0.4, -0.2) is 67.7 Å². The molecule has 9 nitrogen and oxygen atoms in total. The van der Waals surface area contributed by atoms with Crippen LogP contribution in [-0.2, 0) is 19.1 Å². The number of anilines is 1. The number of carbonyl (C=O) groups is 3. The summed E-state index contributed by atoms with van der Waals surface area (Å²) in [5, 5.41) is 9.34. The van der Waals surface area contributed by atoms with Crippen molar-refractivity contribution in [1.82, 2.24) is 4.90 Å². The molecule has 0 saturated carbocycles. The minimum absolute atomic E-state index is 0.146. The van der Waals surface area contributed by atoms with Crippen molar-refractivity contribution in [2.75, 3.05) is 38.8 Å². The predicted molar refractivity (Wildman–Crippen MR) is 151 cm³/mol. The zero-order valence-corrected chi connectivity index (χ0v) is 24.2. The van der Waals surface area contributed by atoms with E-state index in [-0.39, 0.29) is 23.7 Å². The number of aryl methyl sites for hydroxylation is 1. The number of para-hydroxylation sites is 1. The Morgan fingerprint density at radius 2 is 1.75 bits per heavy atom. The average molecular weight is 553 g/mol. The van der Waals surface area contributed by atoms with Crippen molar-refractivity contribution in [2.24, 2.45) is 11.3 Å². The Hall–Kier alpha value is -3.59. The van der Waals surface area contributed by atoms with Gasteiger partial charge in [-0.15, -0.1) is 0 Å². The second-order valence-electron chi connectivity index (χ2n) is 11.8. The van der Waals surface area contributed by atoms with Gasteiger partial charge in [0.1, 0.15) is 12.2 Å². The lowest BCUT2D eigenvalue weighted by molar-refractivity contribution is -0.148. The van der Waals surface area contributed by atoms with Crippen molar-refractivity contribution in [2.45, 2.75) is 59.2 Å². The summed E-state index contributed by atoms with van der Waals surface area (Å²) in [6, 6.07) is 11.5. The molecule has 0 aliphatic carbocycles. The van der Waals surface area contributed by atoms with Crippen LogP contribution in [0.25, 0.3) is 0 Å². The van der Waals surface area contributed by atoms with Crippen LogP contribution < -0.4 is 14.4 Å². The molecule has 0 bridgehead atoms. The highest BCUT2D eigenvalue weighted by Crippen LogP contribution is 2.45. The quantitative estimate of drug-likeness (QED) is 0.536. The summed E-state index contributed by atoms with van der Waals surface area (Å²) < 4.78 is 17.9. The number of nitrogens with zero attached hydrogens (tertiary/aromatic N) is 2. The number of likely N-dealkylation sites (tertiary alicyclic amines) is 1. The molecule has 1 fully saturated rings. The molecule has 1 N–H and O–H groups in total. The van der Waals surface area contributed by atoms with E-state index in [1.165, 1.54) is 0 Å². The van der Waals surface area contributed by atoms with E-state index < -0.39 is 24.1 Å². The predicted octanol–water partition coefficient (Wildman–Crippen LogP) is 4.59. The number of methoxy groups -OCH3 is 2. The second-order valence-corrected chi connectivity index (χ2v) is 11.8. The Morgan fingerprint density at radius 1 is 1.05 bits per heavy atom. The first kappa shape index (κ1) is 29.4. The molecule has 2 atom stereocenters. The van der Waals surface area contributed by atoms with Crippen molar-refractivity contribution < 1.29 is 33.7 Å². The zero-order chi connectivity index (χ0) is 29.2. The molecule has 0 aromatic heterocycles. The molecular formula is C31H40N2O7. The Labute approximate surface area is 236 Å². The summed E-state index contributed by atoms with van der Waals surface area (Å²) in [6.07, 6.45) is -1.12. The van der Waals surface area contributed by atoms with Gasteiger partial charge in [0.25, 0.3) is 5.91 Å². The molecule has 2 heterocycles. The van der Waals surface area contributed by atoms with Gasteiger partial charge >= 0.3 is 5.97 Å². The van der Waals surface area contributed by atoms with Crippen LogP contribution in [0.2, 0.25) is 0 Å². The molecule has 2 unspecified atom stereocenters. The topological polar surface area (TPSA) is 106 Å². The monoisotopic (exact) mass is 552 g/mol. The number of hydrogen-bond acceptors (Lipinski definition) is 6. The number of fused-ring (bicyclic) bond motifs is 1. The number of piperidine rings is 1. The van der Waals surface area contributed by atoms with E-state index >= 15 is 0 Å². The van der Waals surface area contributed by atoms with Gasteiger partial charge in [0.05, 0.1) is 26.6 Å². The minimum Gasteiger partial charge on any atom is -0.493 e. The van der Waals surface area contributed by atoms with Gasteiger partial charge in [-0.25, -0.2) is 0 Å². The van der Waals surface area contributed by atoms with Crippen LogP contribution in [0.1, 0.15) is 62.8 Å². The number of ether oxygens (including phenoxy) is 3. The Kier molecular flexibility index (Phi) is 8.73. The smallest absolute Gasteiger partial charge is 0.306 e. The summed E-state index contributed by atoms with van der Waals surface area (Å²) in [5.74, 6) is -0.761. The number of benzene rings is 2. The summed E-state index contributed by atoms with van der Waals surface area (Å²) in [5.41, 5.74) is 3.02. The first-order valence-electron chi connectivity index (χ1n) is 13.7. The van der Waals surface area contributed by atoms with Gasteiger partial charge in [0.15, 0.2) is 11.5 Å². The number of rotatable bonds is 7. The molecule has 2 aliphatic heterocycles. The van der Waals surface area contributed by atoms with Crippen molar-refractivity contribution in [3.63, 3.8) is 0 Å². The van der Waals surface area contributed by atoms with E-state index in [2.05, 4.69) is 20.8 Å². The van der Waals surface area contributed by atoms with Gasteiger partial charge in [0.2, 0.25) is 5.91 Å². The summed E-state index contributed by atoms with van der Waals surface area (Å²) in [4.78, 5) is 42.4. The summed E-state index contributed by atoms with van der Waals surface area (Å²) in [7, 11) is 3.13. The van der Waals surface area contributed by atoms with Crippen molar-refractivity contribution in [1.29, 1.82) is 0 Å². The minimum atomic E-state index is -1.05. The van der Waals surface area contributed by atoms with Crippen molar-refractivity contribution in [3.05, 3.63) is 53.1 Å². The third-order valence-electron chi connectivity index (χ3n) is 7.50. The largest absolute Gasteiger partial charge is 0.493 e. The number of carbonyl (C=O) groups excluding carboxylic acids is 2. The number of aliphatic carboxylic acids is 1. The van der Waals surface area contributed by atoms with E-state index in [9.17, 15) is 19.5 Å². The molecule has 1 saturated heterocycles. The van der Waals surface area contributed by atoms with Crippen LogP contribution in [0, 0.1) is 18.3 Å². The third kappa shape index (κ3) is 6.25. The van der Waals surface area contributed by atoms with E-state index in [0.717, 1.165) is 16.8 Å². The van der Waals surface area contributed by atoms with Crippen molar-refractivity contribution >= 4 is 23.5 Å². The van der Waals surface area contributed by atoms with Crippen LogP contribution in [0.4, 0.5) is 5.69 Å². The molecule has 216 valence electrons. The van der Waals surface area contributed by atoms with E-state index in [0.29, 0.717) is 49.5 Å². The molecule has 2 aliphatic rings. The highest BCUT2D eigenvalue weighted by molar-refractivity contribution is 6.00. The summed E-state index contributed by atoms with van der Waals surface area (Å²) in [6.45, 7) is 9.30. The van der Waals surface area contributed by atoms with Gasteiger partial charge in [-0.05, 0) is 37.3 Å². The van der Waals surface area contributed by atoms with Gasteiger partial charge in [0, 0.05) is 36.4 Å². The first-order valence-corrected chi connectivity index (χ1v) is 13.7. The lowest BCUT2D eigenvalue weighted by atomic mass is 9.93. The summed E-state index contributed by atoms with van der Waals surface area (Å²) >= 11 is 0. The molecular weight excluding hydrogens is 512 g/mol. The maximum atomic E-state index is 14.2. The number of hydrogen-bond donors (Lipinski definition) is 1. The highest BCUT2D eigenvalue weighted by atomic mass is 16.5. The maximum Gasteiger partial charge on any atom is 0.306 e. The second kappa shape index (κ2) is 11.9. The number of amides is 2. The SMILES string of the molecule is COc1cccc(C2OC(CC(=O)N3CCC(C(=O)O)CC3)C(=O)N(CC(C)(C)C)c3ccc(C)cc32)c1OC. The molecule has 2 aromatic rings. The lowest BCUT2D eigenvalue weighted by Crippen LogP contribution is -2.47. The van der Waals surface area contributed by atoms with E-state index in [1.807, 2.05) is 37.3 Å². The first-order chi connectivity index (χ1) is 18.9. The van der Waals surface area contributed by atoms with E-state index in [1.54, 1.807) is 30.1 Å². The zero-order valence-electron chi connectivity index (χ0n) is 24.2. The average Bonchev–Trinajstić information content (AvgIpc) is 3.02. The molecule has 2 amide bonds. The van der Waals surface area contributed by atoms with Gasteiger partial charge < -0.3 is 29.1 Å². The van der Waals surface area contributed by atoms with Gasteiger partial charge in [-0.1, -0.05) is 50.6 Å². The normalized spacial score (nSPS) is 20.1. The fourth-order valence-electron chi connectivity index (χ4n) is 5.51. The Bertz CT molecular complexity index is 1260.